The molecule has 0 radical (unpaired) electrons. The normalized spacial score (nSPS) is 11.7. The van der Waals surface area contributed by atoms with Crippen LogP contribution in [0.3, 0.4) is 0 Å². The number of nitrogens with one attached hydrogen (secondary N) is 1. The third-order valence-corrected chi connectivity index (χ3v) is 2.13. The summed E-state index contributed by atoms with van der Waals surface area (Å²) in [6.45, 7) is 13.3. The van der Waals surface area contributed by atoms with Gasteiger partial charge in [0, 0.05) is 18.0 Å². The van der Waals surface area contributed by atoms with Crippen molar-refractivity contribution in [2.45, 2.75) is 53.5 Å². The second kappa shape index (κ2) is 6.03. The van der Waals surface area contributed by atoms with Gasteiger partial charge >= 0.3 is 0 Å². The SMILES string of the molecule is CCc1nc(NC(C)(C)C)cc(OCC(C)C)n1. The maximum absolute atomic E-state index is 5.67. The van der Waals surface area contributed by atoms with Crippen LogP contribution in [0.5, 0.6) is 5.88 Å². The van der Waals surface area contributed by atoms with E-state index in [1.807, 2.05) is 13.0 Å². The van der Waals surface area contributed by atoms with E-state index in [0.717, 1.165) is 18.1 Å². The lowest BCUT2D eigenvalue weighted by atomic mass is 10.1. The Morgan fingerprint density at radius 2 is 1.94 bits per heavy atom. The van der Waals surface area contributed by atoms with Gasteiger partial charge in [-0.1, -0.05) is 20.8 Å². The summed E-state index contributed by atoms with van der Waals surface area (Å²) in [6, 6.07) is 1.87. The summed E-state index contributed by atoms with van der Waals surface area (Å²) in [6.07, 6.45) is 0.803. The maximum atomic E-state index is 5.67. The van der Waals surface area contributed by atoms with E-state index in [9.17, 15) is 0 Å². The Morgan fingerprint density at radius 1 is 1.28 bits per heavy atom. The molecule has 0 unspecified atom stereocenters. The zero-order valence-corrected chi connectivity index (χ0v) is 12.4. The number of aryl methyl sites for hydroxylation is 1. The molecule has 18 heavy (non-hydrogen) atoms. The lowest BCUT2D eigenvalue weighted by Gasteiger charge is -2.22. The molecule has 4 nitrogen and oxygen atoms in total. The number of rotatable bonds is 5. The molecule has 1 N–H and O–H groups in total. The second-order valence-corrected chi connectivity index (χ2v) is 5.94. The third-order valence-electron chi connectivity index (χ3n) is 2.13. The van der Waals surface area contributed by atoms with Crippen LogP contribution in [0.15, 0.2) is 6.07 Å². The molecule has 0 bridgehead atoms. The minimum Gasteiger partial charge on any atom is -0.477 e. The van der Waals surface area contributed by atoms with E-state index in [0.29, 0.717) is 18.4 Å². The average Bonchev–Trinajstić information content (AvgIpc) is 2.23. The van der Waals surface area contributed by atoms with Crippen LogP contribution in [0.1, 0.15) is 47.4 Å². The van der Waals surface area contributed by atoms with Gasteiger partial charge in [-0.15, -0.1) is 0 Å². The molecule has 0 aliphatic rings. The molecule has 0 aliphatic carbocycles. The van der Waals surface area contributed by atoms with Crippen molar-refractivity contribution in [3.63, 3.8) is 0 Å². The molecule has 1 heterocycles. The monoisotopic (exact) mass is 251 g/mol. The number of aromatic nitrogens is 2. The fourth-order valence-electron chi connectivity index (χ4n) is 1.41. The molecule has 0 saturated heterocycles. The van der Waals surface area contributed by atoms with Crippen LogP contribution in [-0.2, 0) is 6.42 Å². The summed E-state index contributed by atoms with van der Waals surface area (Å²) in [4.78, 5) is 8.84. The first-order valence-corrected chi connectivity index (χ1v) is 6.59. The summed E-state index contributed by atoms with van der Waals surface area (Å²) in [5, 5.41) is 3.35. The molecule has 4 heteroatoms. The van der Waals surface area contributed by atoms with Crippen molar-refractivity contribution in [3.8, 4) is 5.88 Å². The van der Waals surface area contributed by atoms with Crippen LogP contribution >= 0.6 is 0 Å². The summed E-state index contributed by atoms with van der Waals surface area (Å²) in [5.41, 5.74) is -0.0192. The molecule has 1 aromatic heterocycles. The lowest BCUT2D eigenvalue weighted by molar-refractivity contribution is 0.260. The van der Waals surface area contributed by atoms with E-state index in [4.69, 9.17) is 4.74 Å². The van der Waals surface area contributed by atoms with E-state index in [2.05, 4.69) is 49.9 Å². The van der Waals surface area contributed by atoms with E-state index < -0.39 is 0 Å². The Kier molecular flexibility index (Phi) is 4.93. The topological polar surface area (TPSA) is 47.0 Å². The minimum absolute atomic E-state index is 0.0192. The van der Waals surface area contributed by atoms with E-state index >= 15 is 0 Å². The molecule has 0 aliphatic heterocycles. The molecule has 1 rings (SSSR count). The van der Waals surface area contributed by atoms with Gasteiger partial charge in [-0.05, 0) is 26.7 Å². The zero-order chi connectivity index (χ0) is 13.8. The van der Waals surface area contributed by atoms with Gasteiger partial charge in [-0.2, -0.15) is 4.98 Å². The van der Waals surface area contributed by atoms with Crippen molar-refractivity contribution in [2.75, 3.05) is 11.9 Å². The highest BCUT2D eigenvalue weighted by molar-refractivity contribution is 5.40. The van der Waals surface area contributed by atoms with Crippen LogP contribution in [0, 0.1) is 5.92 Å². The smallest absolute Gasteiger partial charge is 0.218 e. The number of hydrogen-bond acceptors (Lipinski definition) is 4. The Hall–Kier alpha value is -1.32. The Bertz CT molecular complexity index is 383. The van der Waals surface area contributed by atoms with Gasteiger partial charge in [-0.3, -0.25) is 0 Å². The molecule has 102 valence electrons. The van der Waals surface area contributed by atoms with Gasteiger partial charge < -0.3 is 10.1 Å². The van der Waals surface area contributed by atoms with Crippen LogP contribution in [0.4, 0.5) is 5.82 Å². The van der Waals surface area contributed by atoms with E-state index in [1.165, 1.54) is 0 Å². The summed E-state index contributed by atoms with van der Waals surface area (Å²) in [7, 11) is 0. The summed E-state index contributed by atoms with van der Waals surface area (Å²) in [5.74, 6) is 2.78. The van der Waals surface area contributed by atoms with Gasteiger partial charge in [0.15, 0.2) is 0 Å². The Balaban J connectivity index is 2.87. The van der Waals surface area contributed by atoms with Crippen molar-refractivity contribution < 1.29 is 4.74 Å². The number of anilines is 1. The molecular formula is C14H25N3O. The highest BCUT2D eigenvalue weighted by Gasteiger charge is 2.12. The molecule has 0 aromatic carbocycles. The first-order chi connectivity index (χ1) is 8.30. The predicted octanol–water partition coefficient (Wildman–Crippen LogP) is 3.28. The van der Waals surface area contributed by atoms with E-state index in [-0.39, 0.29) is 5.54 Å². The van der Waals surface area contributed by atoms with Crippen LogP contribution in [0.2, 0.25) is 0 Å². The maximum Gasteiger partial charge on any atom is 0.218 e. The molecule has 1 aromatic rings. The highest BCUT2D eigenvalue weighted by atomic mass is 16.5. The first kappa shape index (κ1) is 14.7. The zero-order valence-electron chi connectivity index (χ0n) is 12.4. The van der Waals surface area contributed by atoms with Crippen molar-refractivity contribution in [2.24, 2.45) is 5.92 Å². The molecule has 0 atom stereocenters. The third kappa shape index (κ3) is 5.34. The first-order valence-electron chi connectivity index (χ1n) is 6.59. The van der Waals surface area contributed by atoms with Crippen LogP contribution in [0.25, 0.3) is 0 Å². The van der Waals surface area contributed by atoms with Crippen molar-refractivity contribution >= 4 is 5.82 Å². The predicted molar refractivity (Wildman–Crippen MR) is 75.1 cm³/mol. The van der Waals surface area contributed by atoms with Crippen molar-refractivity contribution in [1.29, 1.82) is 0 Å². The van der Waals surface area contributed by atoms with Crippen molar-refractivity contribution in [3.05, 3.63) is 11.9 Å². The molecule has 0 spiro atoms. The molecule has 0 amide bonds. The minimum atomic E-state index is -0.0192. The lowest BCUT2D eigenvalue weighted by Crippen LogP contribution is -2.27. The van der Waals surface area contributed by atoms with Crippen LogP contribution in [-0.4, -0.2) is 22.1 Å². The number of hydrogen-bond donors (Lipinski definition) is 1. The number of nitrogens with zero attached hydrogens (tertiary/aromatic N) is 2. The average molecular weight is 251 g/mol. The van der Waals surface area contributed by atoms with E-state index in [1.54, 1.807) is 0 Å². The Morgan fingerprint density at radius 3 is 2.44 bits per heavy atom. The fraction of sp³-hybridized carbons (Fsp3) is 0.714. The molecule has 0 saturated carbocycles. The van der Waals surface area contributed by atoms with Gasteiger partial charge in [0.2, 0.25) is 5.88 Å². The quantitative estimate of drug-likeness (QED) is 0.872. The highest BCUT2D eigenvalue weighted by Crippen LogP contribution is 2.18. The van der Waals surface area contributed by atoms with Gasteiger partial charge in [0.25, 0.3) is 0 Å². The molecule has 0 fully saturated rings. The standard InChI is InChI=1S/C14H25N3O/c1-7-11-15-12(17-14(4,5)6)8-13(16-11)18-9-10(2)3/h8,10H,7,9H2,1-6H3,(H,15,16,17). The summed E-state index contributed by atoms with van der Waals surface area (Å²) >= 11 is 0. The summed E-state index contributed by atoms with van der Waals surface area (Å²) < 4.78 is 5.67. The largest absolute Gasteiger partial charge is 0.477 e. The second-order valence-electron chi connectivity index (χ2n) is 5.94. The number of ether oxygens (including phenoxy) is 1. The van der Waals surface area contributed by atoms with Gasteiger partial charge in [0.05, 0.1) is 6.61 Å². The van der Waals surface area contributed by atoms with Gasteiger partial charge in [0.1, 0.15) is 11.6 Å². The Labute approximate surface area is 110 Å². The van der Waals surface area contributed by atoms with Gasteiger partial charge in [-0.25, -0.2) is 4.98 Å². The van der Waals surface area contributed by atoms with Crippen molar-refractivity contribution in [1.82, 2.24) is 9.97 Å². The molecular weight excluding hydrogens is 226 g/mol. The fourth-order valence-corrected chi connectivity index (χ4v) is 1.41. The van der Waals surface area contributed by atoms with Crippen LogP contribution < -0.4 is 10.1 Å².